The number of hydrogen-bond donors (Lipinski definition) is 0. The zero-order valence-electron chi connectivity index (χ0n) is 14.7. The Hall–Kier alpha value is -2.79. The maximum absolute atomic E-state index is 11.0. The predicted molar refractivity (Wildman–Crippen MR) is 103 cm³/mol. The van der Waals surface area contributed by atoms with Gasteiger partial charge in [-0.2, -0.15) is 0 Å². The molecule has 0 bridgehead atoms. The molecule has 26 heavy (non-hydrogen) atoms. The van der Waals surface area contributed by atoms with Crippen LogP contribution in [0.5, 0.6) is 0 Å². The number of carbonyl (C=O) groups excluding carboxylic acids is 1. The van der Waals surface area contributed by atoms with Gasteiger partial charge in [0, 0.05) is 37.9 Å². The van der Waals surface area contributed by atoms with Crippen molar-refractivity contribution in [2.24, 2.45) is 0 Å². The highest BCUT2D eigenvalue weighted by molar-refractivity contribution is 5.86. The van der Waals surface area contributed by atoms with Crippen LogP contribution in [-0.2, 0) is 11.3 Å². The van der Waals surface area contributed by atoms with E-state index in [0.29, 0.717) is 6.54 Å². The first-order valence-electron chi connectivity index (χ1n) is 9.05. The summed E-state index contributed by atoms with van der Waals surface area (Å²) in [6, 6.07) is 16.7. The van der Waals surface area contributed by atoms with Gasteiger partial charge in [-0.25, -0.2) is 9.97 Å². The summed E-state index contributed by atoms with van der Waals surface area (Å²) in [5.74, 6) is 0.829. The van der Waals surface area contributed by atoms with Crippen LogP contribution in [0.2, 0.25) is 0 Å². The van der Waals surface area contributed by atoms with Crippen molar-refractivity contribution in [2.45, 2.75) is 13.0 Å². The molecule has 0 spiro atoms. The Morgan fingerprint density at radius 2 is 1.85 bits per heavy atom. The highest BCUT2D eigenvalue weighted by Gasteiger charge is 2.15. The van der Waals surface area contributed by atoms with Gasteiger partial charge in [-0.3, -0.25) is 9.69 Å². The van der Waals surface area contributed by atoms with E-state index < -0.39 is 0 Å². The monoisotopic (exact) mass is 346 g/mol. The smallest absolute Gasteiger partial charge is 0.209 e. The molecule has 132 valence electrons. The van der Waals surface area contributed by atoms with Crippen LogP contribution in [0.4, 0.5) is 0 Å². The number of benzene rings is 2. The van der Waals surface area contributed by atoms with Gasteiger partial charge in [0.15, 0.2) is 0 Å². The molecule has 0 radical (unpaired) electrons. The topological polar surface area (TPSA) is 49.3 Å². The Morgan fingerprint density at radius 3 is 2.73 bits per heavy atom. The quantitative estimate of drug-likeness (QED) is 0.682. The molecule has 1 saturated heterocycles. The molecule has 0 saturated carbocycles. The van der Waals surface area contributed by atoms with Crippen LogP contribution in [0, 0.1) is 0 Å². The van der Waals surface area contributed by atoms with E-state index >= 15 is 0 Å². The Morgan fingerprint density at radius 1 is 0.962 bits per heavy atom. The van der Waals surface area contributed by atoms with E-state index in [0.717, 1.165) is 56.1 Å². The van der Waals surface area contributed by atoms with Gasteiger partial charge >= 0.3 is 0 Å². The maximum atomic E-state index is 11.0. The predicted octanol–water partition coefficient (Wildman–Crippen LogP) is 2.96. The van der Waals surface area contributed by atoms with Crippen molar-refractivity contribution in [3.05, 3.63) is 60.6 Å². The van der Waals surface area contributed by atoms with Crippen LogP contribution in [0.15, 0.2) is 54.7 Å². The number of hydrogen-bond acceptors (Lipinski definition) is 4. The molecule has 4 rings (SSSR count). The van der Waals surface area contributed by atoms with Gasteiger partial charge in [0.25, 0.3) is 0 Å². The molecule has 5 heteroatoms. The lowest BCUT2D eigenvalue weighted by molar-refractivity contribution is -0.118. The number of rotatable bonds is 4. The summed E-state index contributed by atoms with van der Waals surface area (Å²) in [6.45, 7) is 4.15. The molecule has 2 aromatic carbocycles. The molecule has 1 aromatic heterocycles. The Balaban J connectivity index is 1.53. The minimum atomic E-state index is 0.716. The number of amides is 1. The summed E-state index contributed by atoms with van der Waals surface area (Å²) in [4.78, 5) is 24.4. The number of carbonyl (C=O) groups is 1. The lowest BCUT2D eigenvalue weighted by atomic mass is 10.1. The van der Waals surface area contributed by atoms with E-state index in [1.807, 2.05) is 17.2 Å². The van der Waals surface area contributed by atoms with E-state index in [9.17, 15) is 4.79 Å². The number of fused-ring (bicyclic) bond motifs is 1. The summed E-state index contributed by atoms with van der Waals surface area (Å²) < 4.78 is 0. The van der Waals surface area contributed by atoms with Crippen LogP contribution in [-0.4, -0.2) is 52.4 Å². The zero-order valence-corrected chi connectivity index (χ0v) is 14.7. The lowest BCUT2D eigenvalue weighted by Crippen LogP contribution is -2.30. The summed E-state index contributed by atoms with van der Waals surface area (Å²) >= 11 is 0. The van der Waals surface area contributed by atoms with Crippen molar-refractivity contribution >= 4 is 17.2 Å². The van der Waals surface area contributed by atoms with Crippen LogP contribution < -0.4 is 0 Å². The molecule has 0 atom stereocenters. The molecule has 1 aliphatic rings. The van der Waals surface area contributed by atoms with Crippen LogP contribution in [0.1, 0.15) is 12.2 Å². The van der Waals surface area contributed by atoms with Crippen molar-refractivity contribution in [1.29, 1.82) is 0 Å². The molecule has 1 aliphatic heterocycles. The minimum Gasteiger partial charge on any atom is -0.344 e. The fraction of sp³-hybridized carbons (Fsp3) is 0.286. The Kier molecular flexibility index (Phi) is 4.88. The molecule has 5 nitrogen and oxygen atoms in total. The second-order valence-electron chi connectivity index (χ2n) is 6.69. The molecule has 3 aromatic rings. The first kappa shape index (κ1) is 16.7. The summed E-state index contributed by atoms with van der Waals surface area (Å²) in [5.41, 5.74) is 2.06. The summed E-state index contributed by atoms with van der Waals surface area (Å²) in [7, 11) is 0. The molecule has 0 unspecified atom stereocenters. The highest BCUT2D eigenvalue weighted by atomic mass is 16.1. The number of nitrogens with zero attached hydrogens (tertiary/aromatic N) is 4. The second-order valence-corrected chi connectivity index (χ2v) is 6.69. The van der Waals surface area contributed by atoms with Gasteiger partial charge in [0.05, 0.1) is 12.2 Å². The summed E-state index contributed by atoms with van der Waals surface area (Å²) in [5, 5.41) is 2.45. The van der Waals surface area contributed by atoms with Crippen molar-refractivity contribution in [3.63, 3.8) is 0 Å². The molecule has 1 fully saturated rings. The van der Waals surface area contributed by atoms with Gasteiger partial charge in [0.2, 0.25) is 6.41 Å². The maximum Gasteiger partial charge on any atom is 0.209 e. The van der Waals surface area contributed by atoms with E-state index in [4.69, 9.17) is 4.98 Å². The first-order chi connectivity index (χ1) is 12.8. The standard InChI is InChI=1S/C21H22N4O/c26-16-25-11-3-10-24(12-13-25)15-21-22-9-8-20(23-21)19-7-6-17-4-1-2-5-18(17)14-19/h1-2,4-9,14,16H,3,10-13,15H2. The Bertz CT molecular complexity index is 911. The van der Waals surface area contributed by atoms with Crippen molar-refractivity contribution in [2.75, 3.05) is 26.2 Å². The summed E-state index contributed by atoms with van der Waals surface area (Å²) in [6.07, 6.45) is 3.77. The Labute approximate surface area is 153 Å². The van der Waals surface area contributed by atoms with Gasteiger partial charge < -0.3 is 4.90 Å². The first-order valence-corrected chi connectivity index (χ1v) is 9.05. The van der Waals surface area contributed by atoms with Gasteiger partial charge in [-0.15, -0.1) is 0 Å². The van der Waals surface area contributed by atoms with Crippen molar-refractivity contribution in [1.82, 2.24) is 19.8 Å². The van der Waals surface area contributed by atoms with Crippen LogP contribution in [0.3, 0.4) is 0 Å². The third-order valence-corrected chi connectivity index (χ3v) is 4.89. The molecular weight excluding hydrogens is 324 g/mol. The molecule has 0 aliphatic carbocycles. The van der Waals surface area contributed by atoms with E-state index in [-0.39, 0.29) is 0 Å². The number of aromatic nitrogens is 2. The van der Waals surface area contributed by atoms with Crippen LogP contribution in [0.25, 0.3) is 22.0 Å². The van der Waals surface area contributed by atoms with E-state index in [2.05, 4.69) is 52.3 Å². The molecule has 0 N–H and O–H groups in total. The van der Waals surface area contributed by atoms with Gasteiger partial charge in [0.1, 0.15) is 5.82 Å². The molecule has 1 amide bonds. The average Bonchev–Trinajstić information content (AvgIpc) is 2.93. The van der Waals surface area contributed by atoms with Gasteiger partial charge in [-0.1, -0.05) is 36.4 Å². The molecular formula is C21H22N4O. The zero-order chi connectivity index (χ0) is 17.8. The SMILES string of the molecule is O=CN1CCCN(Cc2nccc(-c3ccc4ccccc4c3)n2)CC1. The van der Waals surface area contributed by atoms with Crippen molar-refractivity contribution in [3.8, 4) is 11.3 Å². The fourth-order valence-electron chi connectivity index (χ4n) is 3.44. The largest absolute Gasteiger partial charge is 0.344 e. The van der Waals surface area contributed by atoms with Crippen LogP contribution >= 0.6 is 0 Å². The normalized spacial score (nSPS) is 15.8. The third-order valence-electron chi connectivity index (χ3n) is 4.89. The van der Waals surface area contributed by atoms with E-state index in [1.54, 1.807) is 0 Å². The third kappa shape index (κ3) is 3.73. The average molecular weight is 346 g/mol. The lowest BCUT2D eigenvalue weighted by Gasteiger charge is -2.19. The van der Waals surface area contributed by atoms with Gasteiger partial charge in [-0.05, 0) is 29.3 Å². The van der Waals surface area contributed by atoms with Crippen molar-refractivity contribution < 1.29 is 4.79 Å². The molecule has 2 heterocycles. The van der Waals surface area contributed by atoms with E-state index in [1.165, 1.54) is 10.8 Å². The highest BCUT2D eigenvalue weighted by Crippen LogP contribution is 2.23. The fourth-order valence-corrected chi connectivity index (χ4v) is 3.44. The minimum absolute atomic E-state index is 0.716. The second kappa shape index (κ2) is 7.62.